The summed E-state index contributed by atoms with van der Waals surface area (Å²) in [6, 6.07) is 10.1. The standard InChI is InChI=1S/C29H39F2N3O4S/c1-4-27(29(36)32-23-9-6-5-7-10-23)33(20-22-14-12-21(2)13-15-22)28(35)11-8-18-34(39(3,37)38)24-16-17-25(30)26(31)19-24/h12-17,19,23,27H,4-11,18,20H2,1-3H3,(H,32,36)/t27-/m0/s1. The van der Waals surface area contributed by atoms with E-state index in [1.54, 1.807) is 4.90 Å². The summed E-state index contributed by atoms with van der Waals surface area (Å²) in [5.74, 6) is -2.69. The first-order valence-electron chi connectivity index (χ1n) is 13.6. The summed E-state index contributed by atoms with van der Waals surface area (Å²) < 4.78 is 53.0. The van der Waals surface area contributed by atoms with Gasteiger partial charge in [0.15, 0.2) is 11.6 Å². The van der Waals surface area contributed by atoms with Gasteiger partial charge in [-0.15, -0.1) is 0 Å². The molecule has 7 nitrogen and oxygen atoms in total. The van der Waals surface area contributed by atoms with Crippen molar-refractivity contribution in [3.63, 3.8) is 0 Å². The van der Waals surface area contributed by atoms with E-state index in [9.17, 15) is 26.8 Å². The summed E-state index contributed by atoms with van der Waals surface area (Å²) in [5.41, 5.74) is 1.95. The number of amides is 2. The maximum absolute atomic E-state index is 13.8. The molecule has 0 bridgehead atoms. The highest BCUT2D eigenvalue weighted by Gasteiger charge is 2.30. The monoisotopic (exact) mass is 563 g/mol. The number of halogens is 2. The van der Waals surface area contributed by atoms with Gasteiger partial charge in [0.1, 0.15) is 6.04 Å². The molecule has 2 amide bonds. The van der Waals surface area contributed by atoms with E-state index in [1.807, 2.05) is 38.1 Å². The van der Waals surface area contributed by atoms with Gasteiger partial charge in [0.2, 0.25) is 21.8 Å². The number of rotatable bonds is 12. The number of nitrogens with zero attached hydrogens (tertiary/aromatic N) is 2. The van der Waals surface area contributed by atoms with Crippen LogP contribution < -0.4 is 9.62 Å². The average molecular weight is 564 g/mol. The van der Waals surface area contributed by atoms with Gasteiger partial charge in [0.25, 0.3) is 0 Å². The number of carbonyl (C=O) groups excluding carboxylic acids is 2. The van der Waals surface area contributed by atoms with Crippen LogP contribution in [0.3, 0.4) is 0 Å². The molecule has 2 aromatic rings. The lowest BCUT2D eigenvalue weighted by Gasteiger charge is -2.33. The number of nitrogens with one attached hydrogen (secondary N) is 1. The fraction of sp³-hybridized carbons (Fsp3) is 0.517. The normalized spacial score (nSPS) is 15.0. The molecule has 0 radical (unpaired) electrons. The highest BCUT2D eigenvalue weighted by molar-refractivity contribution is 7.92. The Bertz CT molecular complexity index is 1230. The van der Waals surface area contributed by atoms with Crippen molar-refractivity contribution in [2.75, 3.05) is 17.1 Å². The molecule has 1 saturated carbocycles. The van der Waals surface area contributed by atoms with Crippen molar-refractivity contribution in [2.24, 2.45) is 0 Å². The molecular formula is C29H39F2N3O4S. The van der Waals surface area contributed by atoms with Crippen molar-refractivity contribution in [1.82, 2.24) is 10.2 Å². The van der Waals surface area contributed by atoms with Crippen molar-refractivity contribution in [1.29, 1.82) is 0 Å². The third kappa shape index (κ3) is 8.74. The Morgan fingerprint density at radius 1 is 1.03 bits per heavy atom. The van der Waals surface area contributed by atoms with E-state index in [0.29, 0.717) is 6.42 Å². The highest BCUT2D eigenvalue weighted by atomic mass is 32.2. The Morgan fingerprint density at radius 3 is 2.28 bits per heavy atom. The van der Waals surface area contributed by atoms with Gasteiger partial charge in [-0.2, -0.15) is 0 Å². The van der Waals surface area contributed by atoms with Crippen LogP contribution in [-0.2, 0) is 26.2 Å². The van der Waals surface area contributed by atoms with Gasteiger partial charge in [-0.3, -0.25) is 13.9 Å². The summed E-state index contributed by atoms with van der Waals surface area (Å²) >= 11 is 0. The number of hydrogen-bond donors (Lipinski definition) is 1. The lowest BCUT2D eigenvalue weighted by molar-refractivity contribution is -0.141. The molecule has 0 heterocycles. The van der Waals surface area contributed by atoms with E-state index in [-0.39, 0.29) is 49.5 Å². The van der Waals surface area contributed by atoms with Crippen LogP contribution >= 0.6 is 0 Å². The van der Waals surface area contributed by atoms with Crippen LogP contribution in [0.5, 0.6) is 0 Å². The Morgan fingerprint density at radius 2 is 1.69 bits per heavy atom. The lowest BCUT2D eigenvalue weighted by Crippen LogP contribution is -2.51. The molecule has 1 atom stereocenters. The van der Waals surface area contributed by atoms with Crippen molar-refractivity contribution in [3.05, 3.63) is 65.2 Å². The van der Waals surface area contributed by atoms with Crippen molar-refractivity contribution in [2.45, 2.75) is 83.8 Å². The SMILES string of the molecule is CC[C@@H](C(=O)NC1CCCCC1)N(Cc1ccc(C)cc1)C(=O)CCCN(c1ccc(F)c(F)c1)S(C)(=O)=O. The molecule has 0 unspecified atom stereocenters. The first kappa shape index (κ1) is 30.5. The van der Waals surface area contributed by atoms with Gasteiger partial charge >= 0.3 is 0 Å². The molecule has 10 heteroatoms. The Kier molecular flexibility index (Phi) is 10.9. The van der Waals surface area contributed by atoms with E-state index in [0.717, 1.165) is 65.9 Å². The number of anilines is 1. The second kappa shape index (κ2) is 13.9. The molecule has 0 aromatic heterocycles. The van der Waals surface area contributed by atoms with Crippen LogP contribution in [0.25, 0.3) is 0 Å². The molecule has 1 aliphatic carbocycles. The van der Waals surface area contributed by atoms with Crippen LogP contribution in [-0.4, -0.2) is 50.0 Å². The van der Waals surface area contributed by atoms with Crippen LogP contribution in [0.2, 0.25) is 0 Å². The first-order chi connectivity index (χ1) is 18.5. The number of sulfonamides is 1. The quantitative estimate of drug-likeness (QED) is 0.391. The summed E-state index contributed by atoms with van der Waals surface area (Å²) in [5, 5.41) is 3.14. The largest absolute Gasteiger partial charge is 0.352 e. The molecule has 3 rings (SSSR count). The Labute approximate surface area is 230 Å². The second-order valence-corrected chi connectivity index (χ2v) is 12.2. The van der Waals surface area contributed by atoms with Gasteiger partial charge < -0.3 is 10.2 Å². The maximum atomic E-state index is 13.8. The number of benzene rings is 2. The topological polar surface area (TPSA) is 86.8 Å². The van der Waals surface area contributed by atoms with Crippen molar-refractivity contribution < 1.29 is 26.8 Å². The van der Waals surface area contributed by atoms with Crippen molar-refractivity contribution in [3.8, 4) is 0 Å². The van der Waals surface area contributed by atoms with Gasteiger partial charge in [-0.05, 0) is 50.3 Å². The number of aryl methyl sites for hydroxylation is 1. The minimum atomic E-state index is -3.81. The van der Waals surface area contributed by atoms with Crippen LogP contribution in [0.4, 0.5) is 14.5 Å². The fourth-order valence-corrected chi connectivity index (χ4v) is 5.96. The molecule has 0 aliphatic heterocycles. The number of hydrogen-bond acceptors (Lipinski definition) is 4. The maximum Gasteiger partial charge on any atom is 0.243 e. The van der Waals surface area contributed by atoms with Gasteiger partial charge in [-0.25, -0.2) is 17.2 Å². The van der Waals surface area contributed by atoms with E-state index >= 15 is 0 Å². The minimum Gasteiger partial charge on any atom is -0.352 e. The van der Waals surface area contributed by atoms with Gasteiger partial charge in [0, 0.05) is 31.6 Å². The molecule has 1 fully saturated rings. The zero-order chi connectivity index (χ0) is 28.6. The van der Waals surface area contributed by atoms with Crippen molar-refractivity contribution >= 4 is 27.5 Å². The molecule has 0 spiro atoms. The Balaban J connectivity index is 1.76. The third-order valence-corrected chi connectivity index (χ3v) is 8.35. The average Bonchev–Trinajstić information content (AvgIpc) is 2.89. The predicted molar refractivity (Wildman–Crippen MR) is 149 cm³/mol. The lowest BCUT2D eigenvalue weighted by atomic mass is 9.95. The van der Waals surface area contributed by atoms with E-state index in [1.165, 1.54) is 6.07 Å². The molecule has 2 aromatic carbocycles. The van der Waals surface area contributed by atoms with Gasteiger partial charge in [-0.1, -0.05) is 56.0 Å². The summed E-state index contributed by atoms with van der Waals surface area (Å²) in [6.45, 7) is 3.99. The smallest absolute Gasteiger partial charge is 0.243 e. The molecule has 1 N–H and O–H groups in total. The zero-order valence-electron chi connectivity index (χ0n) is 23.0. The Hall–Kier alpha value is -3.01. The van der Waals surface area contributed by atoms with Gasteiger partial charge in [0.05, 0.1) is 11.9 Å². The van der Waals surface area contributed by atoms with Crippen LogP contribution in [0.15, 0.2) is 42.5 Å². The van der Waals surface area contributed by atoms with Crippen LogP contribution in [0, 0.1) is 18.6 Å². The molecule has 39 heavy (non-hydrogen) atoms. The molecular weight excluding hydrogens is 524 g/mol. The number of carbonyl (C=O) groups is 2. The zero-order valence-corrected chi connectivity index (χ0v) is 23.8. The molecule has 214 valence electrons. The van der Waals surface area contributed by atoms with Crippen LogP contribution in [0.1, 0.15) is 69.4 Å². The summed E-state index contributed by atoms with van der Waals surface area (Å²) in [4.78, 5) is 28.5. The summed E-state index contributed by atoms with van der Waals surface area (Å²) in [7, 11) is -3.81. The summed E-state index contributed by atoms with van der Waals surface area (Å²) in [6.07, 6.45) is 6.69. The molecule has 0 saturated heterocycles. The van der Waals surface area contributed by atoms with E-state index < -0.39 is 27.7 Å². The first-order valence-corrected chi connectivity index (χ1v) is 15.4. The van der Waals surface area contributed by atoms with E-state index in [2.05, 4.69) is 5.32 Å². The molecule has 1 aliphatic rings. The third-order valence-electron chi connectivity index (χ3n) is 7.15. The van der Waals surface area contributed by atoms with E-state index in [4.69, 9.17) is 0 Å². The minimum absolute atomic E-state index is 0.0151. The fourth-order valence-electron chi connectivity index (χ4n) is 5.00. The highest BCUT2D eigenvalue weighted by Crippen LogP contribution is 2.23. The predicted octanol–water partition coefficient (Wildman–Crippen LogP) is 5.08. The second-order valence-electron chi connectivity index (χ2n) is 10.3.